The molecule has 2 amide bonds. The van der Waals surface area contributed by atoms with Crippen LogP contribution in [0.1, 0.15) is 13.3 Å². The predicted octanol–water partition coefficient (Wildman–Crippen LogP) is -0.828. The van der Waals surface area contributed by atoms with Gasteiger partial charge in [-0.05, 0) is 6.08 Å². The number of phenols is 1. The summed E-state index contributed by atoms with van der Waals surface area (Å²) in [5.41, 5.74) is 0.139. The van der Waals surface area contributed by atoms with Crippen LogP contribution in [0.15, 0.2) is 30.0 Å². The van der Waals surface area contributed by atoms with Crippen molar-refractivity contribution in [2.75, 3.05) is 11.1 Å². The molecule has 0 unspecified atom stereocenters. The van der Waals surface area contributed by atoms with Gasteiger partial charge >= 0.3 is 94.1 Å². The molecule has 12 heteroatoms. The molecule has 1 aromatic rings. The Labute approximate surface area is 160 Å². The van der Waals surface area contributed by atoms with Crippen molar-refractivity contribution in [3.05, 3.63) is 30.0 Å². The van der Waals surface area contributed by atoms with Crippen LogP contribution in [-0.4, -0.2) is 66.4 Å². The summed E-state index contributed by atoms with van der Waals surface area (Å²) < 4.78 is 28.4. The third-order valence-electron chi connectivity index (χ3n) is 3.59. The van der Waals surface area contributed by atoms with E-state index in [0.29, 0.717) is 12.2 Å². The minimum Gasteiger partial charge on any atom is -0.477 e. The molecular formula is C15H17AsN2O8S. The number of amides is 2. The summed E-state index contributed by atoms with van der Waals surface area (Å²) in [7, 11) is 0. The minimum absolute atomic E-state index is 0.00951. The number of rotatable bonds is 3. The van der Waals surface area contributed by atoms with Gasteiger partial charge in [-0.3, -0.25) is 9.69 Å². The second-order valence-corrected chi connectivity index (χ2v) is 10.1. The van der Waals surface area contributed by atoms with E-state index in [2.05, 4.69) is 5.32 Å². The summed E-state index contributed by atoms with van der Waals surface area (Å²) in [5, 5.41) is 20.5. The number of phenolic OH excluding ortho intramolecular Hbond substituents is 1. The molecule has 0 bridgehead atoms. The Bertz CT molecular complexity index is 865. The molecule has 0 saturated carbocycles. The number of aliphatic carboxylic acids is 1. The van der Waals surface area contributed by atoms with Crippen molar-refractivity contribution in [2.24, 2.45) is 0 Å². The van der Waals surface area contributed by atoms with Crippen molar-refractivity contribution in [1.29, 1.82) is 0 Å². The van der Waals surface area contributed by atoms with E-state index < -0.39 is 36.1 Å². The topological polar surface area (TPSA) is 164 Å². The number of carbonyl (C=O) groups excluding carboxylic acids is 2. The van der Waals surface area contributed by atoms with Crippen LogP contribution in [0.2, 0.25) is 0 Å². The maximum Gasteiger partial charge on any atom is 0.352 e. The smallest absolute Gasteiger partial charge is 0.352 e. The predicted molar refractivity (Wildman–Crippen MR) is 96.4 cm³/mol. The van der Waals surface area contributed by atoms with E-state index in [9.17, 15) is 23.2 Å². The number of nitrogens with zero attached hydrogens (tertiary/aromatic N) is 1. The standard InChI is InChI=1S/C8H10AsNO5.C7H7NO3S/c1-5(11)10-7-4-2-3-6(8(7)12)9(13,14)15;9-5-3-6-8(5)4(7(10)11)1-2-12-6/h2-4,12H,1H3,(H,10,11)(H2,13,14,15);1,6H,2-3H2,(H,10,11)/t;6-/m.1/s1. The molecule has 146 valence electrons. The van der Waals surface area contributed by atoms with E-state index in [1.54, 1.807) is 17.8 Å². The zero-order chi connectivity index (χ0) is 20.4. The van der Waals surface area contributed by atoms with Gasteiger partial charge in [0.05, 0.1) is 11.8 Å². The fourth-order valence-corrected chi connectivity index (χ4v) is 4.93. The van der Waals surface area contributed by atoms with Crippen molar-refractivity contribution in [2.45, 2.75) is 18.7 Å². The Morgan fingerprint density at radius 1 is 1.33 bits per heavy atom. The minimum atomic E-state index is -5.15. The number of hydrogen-bond donors (Lipinski definition) is 5. The quantitative estimate of drug-likeness (QED) is 0.220. The van der Waals surface area contributed by atoms with Crippen molar-refractivity contribution in [3.63, 3.8) is 0 Å². The van der Waals surface area contributed by atoms with Gasteiger partial charge in [-0.2, -0.15) is 0 Å². The second kappa shape index (κ2) is 8.22. The molecular weight excluding hydrogens is 443 g/mol. The molecule has 0 aromatic heterocycles. The van der Waals surface area contributed by atoms with Crippen LogP contribution in [-0.2, 0) is 18.1 Å². The average Bonchev–Trinajstić information content (AvgIpc) is 2.54. The summed E-state index contributed by atoms with van der Waals surface area (Å²) >= 11 is -3.55. The first kappa shape index (κ1) is 21.1. The zero-order valence-electron chi connectivity index (χ0n) is 14.0. The number of carboxylic acids is 1. The van der Waals surface area contributed by atoms with Crippen molar-refractivity contribution in [1.82, 2.24) is 4.90 Å². The number of hydrogen-bond acceptors (Lipinski definition) is 6. The molecule has 2 aliphatic heterocycles. The van der Waals surface area contributed by atoms with Crippen LogP contribution in [0.25, 0.3) is 0 Å². The van der Waals surface area contributed by atoms with Gasteiger partial charge in [0.1, 0.15) is 5.70 Å². The van der Waals surface area contributed by atoms with Crippen LogP contribution < -0.4 is 9.67 Å². The molecule has 0 aliphatic carbocycles. The number of carboxylic acid groups (broad SMARTS) is 1. The fourth-order valence-electron chi connectivity index (χ4n) is 2.39. The summed E-state index contributed by atoms with van der Waals surface area (Å²) in [6.07, 6.45) is 2.07. The Morgan fingerprint density at radius 3 is 2.48 bits per heavy atom. The SMILES string of the molecule is CC(=O)Nc1cccc([As](=O)(O)O)c1O.O=C(O)C1=CCS[C@@H]2CC(=O)N12. The number of fused-ring (bicyclic) bond motifs is 1. The summed E-state index contributed by atoms with van der Waals surface area (Å²) in [5.74, 6) is -1.41. The molecule has 5 N–H and O–H groups in total. The summed E-state index contributed by atoms with van der Waals surface area (Å²) in [4.78, 5) is 33.7. The first-order chi connectivity index (χ1) is 12.5. The largest absolute Gasteiger partial charge is 0.477 e. The number of carbonyl (C=O) groups is 3. The number of β-lactam (4-membered cyclic amide) rings is 1. The average molecular weight is 460 g/mol. The van der Waals surface area contributed by atoms with Gasteiger partial charge in [-0.15, -0.1) is 11.8 Å². The number of thioether (sulfide) groups is 1. The summed E-state index contributed by atoms with van der Waals surface area (Å²) in [6.45, 7) is 1.23. The number of aromatic hydroxyl groups is 1. The molecule has 2 aliphatic rings. The Balaban J connectivity index is 0.000000198. The molecule has 10 nitrogen and oxygen atoms in total. The zero-order valence-corrected chi connectivity index (χ0v) is 16.7. The van der Waals surface area contributed by atoms with E-state index in [-0.39, 0.29) is 22.7 Å². The molecule has 1 fully saturated rings. The number of benzene rings is 1. The third-order valence-corrected chi connectivity index (χ3v) is 6.78. The van der Waals surface area contributed by atoms with E-state index in [4.69, 9.17) is 13.3 Å². The van der Waals surface area contributed by atoms with Gasteiger partial charge < -0.3 is 5.11 Å². The molecule has 0 radical (unpaired) electrons. The molecule has 1 saturated heterocycles. The normalized spacial score (nSPS) is 18.3. The number of nitrogens with one attached hydrogen (secondary N) is 1. The first-order valence-electron chi connectivity index (χ1n) is 7.55. The first-order valence-corrected chi connectivity index (χ1v) is 12.0. The maximum absolute atomic E-state index is 11.0. The van der Waals surface area contributed by atoms with Gasteiger partial charge in [0, 0.05) is 5.75 Å². The maximum atomic E-state index is 11.0. The monoisotopic (exact) mass is 460 g/mol. The molecule has 3 rings (SSSR count). The van der Waals surface area contributed by atoms with E-state index in [1.165, 1.54) is 24.0 Å². The fraction of sp³-hybridized carbons (Fsp3) is 0.267. The Hall–Kier alpha value is -2.20. The molecule has 1 aromatic carbocycles. The molecule has 1 atom stereocenters. The number of anilines is 1. The van der Waals surface area contributed by atoms with Crippen molar-refractivity contribution < 1.29 is 36.5 Å². The molecule has 0 spiro atoms. The van der Waals surface area contributed by atoms with Crippen LogP contribution in [0.5, 0.6) is 5.75 Å². The van der Waals surface area contributed by atoms with E-state index in [0.717, 1.165) is 6.07 Å². The van der Waals surface area contributed by atoms with Gasteiger partial charge in [0.2, 0.25) is 5.91 Å². The molecule has 27 heavy (non-hydrogen) atoms. The van der Waals surface area contributed by atoms with Crippen molar-refractivity contribution in [3.8, 4) is 5.75 Å². The van der Waals surface area contributed by atoms with Gasteiger partial charge in [-0.1, -0.05) is 0 Å². The second-order valence-electron chi connectivity index (χ2n) is 5.55. The van der Waals surface area contributed by atoms with Gasteiger partial charge in [-0.25, -0.2) is 4.79 Å². The Kier molecular flexibility index (Phi) is 6.42. The summed E-state index contributed by atoms with van der Waals surface area (Å²) in [6, 6.07) is 3.83. The molecule has 2 heterocycles. The van der Waals surface area contributed by atoms with Gasteiger partial charge in [0.25, 0.3) is 0 Å². The Morgan fingerprint density at radius 2 is 2.00 bits per heavy atom. The van der Waals surface area contributed by atoms with Crippen LogP contribution >= 0.6 is 11.8 Å². The van der Waals surface area contributed by atoms with Crippen molar-refractivity contribution >= 4 is 53.8 Å². The van der Waals surface area contributed by atoms with Gasteiger partial charge in [0.15, 0.2) is 0 Å². The van der Waals surface area contributed by atoms with Crippen LogP contribution in [0, 0.1) is 0 Å². The van der Waals surface area contributed by atoms with E-state index in [1.807, 2.05) is 0 Å². The van der Waals surface area contributed by atoms with E-state index >= 15 is 0 Å². The third kappa shape index (κ3) is 4.95. The van der Waals surface area contributed by atoms with Crippen LogP contribution in [0.3, 0.4) is 0 Å². The number of para-hydroxylation sites is 1. The van der Waals surface area contributed by atoms with Crippen LogP contribution in [0.4, 0.5) is 5.69 Å².